The number of carbonyl (C=O) groups is 2. The zero-order valence-electron chi connectivity index (χ0n) is 21.3. The third kappa shape index (κ3) is 8.03. The molecular formula is C28H35Cl2N3O5. The molecule has 0 bridgehead atoms. The number of Topliss-reactive ketones (excluding diaryl/α,β-unsaturated/α-hetero) is 1. The Labute approximate surface area is 236 Å². The van der Waals surface area contributed by atoms with Gasteiger partial charge in [-0.05, 0) is 47.9 Å². The number of likely N-dealkylation sites (tertiary alicyclic amines) is 1. The number of nitro benzene ring substituents is 1. The van der Waals surface area contributed by atoms with E-state index < -0.39 is 11.0 Å². The van der Waals surface area contributed by atoms with Gasteiger partial charge >= 0.3 is 6.09 Å². The minimum Gasteiger partial charge on any atom is -0.445 e. The van der Waals surface area contributed by atoms with Gasteiger partial charge < -0.3 is 14.5 Å². The Morgan fingerprint density at radius 2 is 1.74 bits per heavy atom. The third-order valence-corrected chi connectivity index (χ3v) is 7.29. The maximum absolute atomic E-state index is 12.9. The summed E-state index contributed by atoms with van der Waals surface area (Å²) >= 11 is 0. The molecule has 8 nitrogen and oxygen atoms in total. The molecule has 2 fully saturated rings. The summed E-state index contributed by atoms with van der Waals surface area (Å²) in [5, 5.41) is 10.8. The molecule has 2 atom stereocenters. The number of piperidine rings is 1. The van der Waals surface area contributed by atoms with Crippen molar-refractivity contribution in [3.8, 4) is 0 Å². The second-order valence-electron chi connectivity index (χ2n) is 9.68. The van der Waals surface area contributed by atoms with Gasteiger partial charge in [0.05, 0.1) is 4.92 Å². The van der Waals surface area contributed by atoms with Crippen LogP contribution >= 0.6 is 24.8 Å². The molecule has 206 valence electrons. The molecule has 2 unspecified atom stereocenters. The Bertz CT molecular complexity index is 1080. The molecule has 1 saturated carbocycles. The zero-order chi connectivity index (χ0) is 25.5. The maximum Gasteiger partial charge on any atom is 0.410 e. The van der Waals surface area contributed by atoms with Gasteiger partial charge in [0, 0.05) is 57.2 Å². The van der Waals surface area contributed by atoms with E-state index in [1.165, 1.54) is 17.7 Å². The van der Waals surface area contributed by atoms with Crippen LogP contribution in [-0.4, -0.2) is 58.8 Å². The Balaban J connectivity index is 0.00000253. The lowest BCUT2D eigenvalue weighted by Gasteiger charge is -2.39. The van der Waals surface area contributed by atoms with Crippen LogP contribution in [0.15, 0.2) is 67.3 Å². The summed E-state index contributed by atoms with van der Waals surface area (Å²) < 4.78 is 5.52. The molecule has 1 amide bonds. The molecule has 2 aromatic rings. The minimum atomic E-state index is -0.458. The molecule has 1 saturated heterocycles. The molecular weight excluding hydrogens is 529 g/mol. The van der Waals surface area contributed by atoms with Crippen LogP contribution in [0.2, 0.25) is 0 Å². The second-order valence-corrected chi connectivity index (χ2v) is 9.68. The number of hydrogen-bond acceptors (Lipinski definition) is 6. The van der Waals surface area contributed by atoms with Crippen LogP contribution in [0.1, 0.15) is 42.7 Å². The number of benzene rings is 2. The quantitative estimate of drug-likeness (QED) is 0.218. The van der Waals surface area contributed by atoms with E-state index in [-0.39, 0.29) is 49.1 Å². The molecule has 4 rings (SSSR count). The first kappa shape index (κ1) is 31.3. The fourth-order valence-corrected chi connectivity index (χ4v) is 5.41. The molecule has 2 aromatic carbocycles. The van der Waals surface area contributed by atoms with Gasteiger partial charge in [-0.2, -0.15) is 0 Å². The molecule has 0 radical (unpaired) electrons. The van der Waals surface area contributed by atoms with Gasteiger partial charge in [-0.25, -0.2) is 4.79 Å². The van der Waals surface area contributed by atoms with Gasteiger partial charge in [0.15, 0.2) is 0 Å². The number of non-ortho nitro benzene ring substituents is 1. The average Bonchev–Trinajstić information content (AvgIpc) is 3.27. The summed E-state index contributed by atoms with van der Waals surface area (Å²) in [5.41, 5.74) is 1.94. The van der Waals surface area contributed by atoms with E-state index in [2.05, 4.69) is 23.6 Å². The highest BCUT2D eigenvalue weighted by molar-refractivity contribution is 5.85. The van der Waals surface area contributed by atoms with E-state index in [4.69, 9.17) is 4.74 Å². The number of carbonyl (C=O) groups excluding carboxylic acids is 2. The van der Waals surface area contributed by atoms with E-state index in [1.807, 2.05) is 18.2 Å². The Morgan fingerprint density at radius 3 is 2.34 bits per heavy atom. The first-order valence-electron chi connectivity index (χ1n) is 12.5. The van der Waals surface area contributed by atoms with Crippen molar-refractivity contribution in [2.24, 2.45) is 5.92 Å². The van der Waals surface area contributed by atoms with Crippen LogP contribution in [0.3, 0.4) is 0 Å². The van der Waals surface area contributed by atoms with Crippen molar-refractivity contribution in [3.63, 3.8) is 0 Å². The van der Waals surface area contributed by atoms with Crippen molar-refractivity contribution in [3.05, 3.63) is 88.5 Å². The van der Waals surface area contributed by atoms with Crippen molar-refractivity contribution in [2.75, 3.05) is 26.2 Å². The van der Waals surface area contributed by atoms with Crippen LogP contribution < -0.4 is 0 Å². The lowest BCUT2D eigenvalue weighted by Crippen LogP contribution is -2.48. The summed E-state index contributed by atoms with van der Waals surface area (Å²) in [5.74, 6) is 0.951. The van der Waals surface area contributed by atoms with Gasteiger partial charge in [-0.15, -0.1) is 31.4 Å². The van der Waals surface area contributed by atoms with Crippen molar-refractivity contribution >= 4 is 42.4 Å². The molecule has 0 spiro atoms. The average molecular weight is 565 g/mol. The SMILES string of the molecule is C=CCN(C(=O)OCc1ccc([N+](=O)[O-])cc1)C1CCN(CC2CC(=O)CC2c2ccccc2)CC1.Cl.Cl. The minimum absolute atomic E-state index is 0. The van der Waals surface area contributed by atoms with Crippen LogP contribution in [0.4, 0.5) is 10.5 Å². The highest BCUT2D eigenvalue weighted by Crippen LogP contribution is 2.38. The summed E-state index contributed by atoms with van der Waals surface area (Å²) in [6, 6.07) is 16.4. The summed E-state index contributed by atoms with van der Waals surface area (Å²) in [4.78, 5) is 39.6. The van der Waals surface area contributed by atoms with E-state index in [0.717, 1.165) is 32.5 Å². The van der Waals surface area contributed by atoms with Gasteiger partial charge in [0.2, 0.25) is 0 Å². The molecule has 0 N–H and O–H groups in total. The Morgan fingerprint density at radius 1 is 1.08 bits per heavy atom. The van der Waals surface area contributed by atoms with E-state index in [9.17, 15) is 19.7 Å². The zero-order valence-corrected chi connectivity index (χ0v) is 22.9. The molecule has 1 aliphatic carbocycles. The van der Waals surface area contributed by atoms with Gasteiger partial charge in [-0.1, -0.05) is 36.4 Å². The molecule has 1 aliphatic heterocycles. The fraction of sp³-hybridized carbons (Fsp3) is 0.429. The van der Waals surface area contributed by atoms with Crippen molar-refractivity contribution in [1.82, 2.24) is 9.80 Å². The molecule has 10 heteroatoms. The number of amides is 1. The number of halogens is 2. The van der Waals surface area contributed by atoms with Gasteiger partial charge in [0.1, 0.15) is 12.4 Å². The van der Waals surface area contributed by atoms with E-state index >= 15 is 0 Å². The standard InChI is InChI=1S/C28H33N3O5.2ClH/c1-2-14-30(28(33)36-20-21-8-10-25(11-9-21)31(34)35)24-12-15-29(16-13-24)19-23-17-26(32)18-27(23)22-6-4-3-5-7-22;;/h2-11,23-24,27H,1,12-20H2;2*1H. The summed E-state index contributed by atoms with van der Waals surface area (Å²) in [6.45, 7) is 6.86. The van der Waals surface area contributed by atoms with Crippen molar-refractivity contribution in [1.29, 1.82) is 0 Å². The Kier molecular flexibility index (Phi) is 12.2. The van der Waals surface area contributed by atoms with Crippen molar-refractivity contribution in [2.45, 2.75) is 44.2 Å². The number of ether oxygens (including phenoxy) is 1. The van der Waals surface area contributed by atoms with Crippen LogP contribution in [-0.2, 0) is 16.1 Å². The second kappa shape index (κ2) is 14.9. The predicted octanol–water partition coefficient (Wildman–Crippen LogP) is 5.79. The lowest BCUT2D eigenvalue weighted by molar-refractivity contribution is -0.384. The predicted molar refractivity (Wildman–Crippen MR) is 151 cm³/mol. The van der Waals surface area contributed by atoms with E-state index in [1.54, 1.807) is 23.1 Å². The third-order valence-electron chi connectivity index (χ3n) is 7.29. The van der Waals surface area contributed by atoms with Gasteiger partial charge in [0.25, 0.3) is 5.69 Å². The number of hydrogen-bond donors (Lipinski definition) is 0. The smallest absolute Gasteiger partial charge is 0.410 e. The number of nitro groups is 1. The highest BCUT2D eigenvalue weighted by Gasteiger charge is 2.36. The number of rotatable bonds is 9. The summed E-state index contributed by atoms with van der Waals surface area (Å²) in [7, 11) is 0. The lowest BCUT2D eigenvalue weighted by atomic mass is 9.88. The summed E-state index contributed by atoms with van der Waals surface area (Å²) in [6.07, 6.45) is 4.22. The monoisotopic (exact) mass is 563 g/mol. The van der Waals surface area contributed by atoms with Crippen LogP contribution in [0, 0.1) is 16.0 Å². The van der Waals surface area contributed by atoms with Crippen molar-refractivity contribution < 1.29 is 19.2 Å². The molecule has 0 aromatic heterocycles. The van der Waals surface area contributed by atoms with Gasteiger partial charge in [-0.3, -0.25) is 14.9 Å². The normalized spacial score (nSPS) is 19.6. The molecule has 38 heavy (non-hydrogen) atoms. The number of ketones is 1. The molecule has 2 aliphatic rings. The topological polar surface area (TPSA) is 93.0 Å². The Hall–Kier alpha value is -2.94. The van der Waals surface area contributed by atoms with Crippen LogP contribution in [0.25, 0.3) is 0 Å². The first-order chi connectivity index (χ1) is 17.4. The molecule has 1 heterocycles. The first-order valence-corrected chi connectivity index (χ1v) is 12.5. The van der Waals surface area contributed by atoms with E-state index in [0.29, 0.717) is 36.7 Å². The van der Waals surface area contributed by atoms with Crippen LogP contribution in [0.5, 0.6) is 0 Å². The largest absolute Gasteiger partial charge is 0.445 e. The highest BCUT2D eigenvalue weighted by atomic mass is 35.5. The maximum atomic E-state index is 12.9. The fourth-order valence-electron chi connectivity index (χ4n) is 5.41. The number of nitrogens with zero attached hydrogens (tertiary/aromatic N) is 3.